The summed E-state index contributed by atoms with van der Waals surface area (Å²) in [6.07, 6.45) is 4.92. The number of nitrogens with zero attached hydrogens (tertiary/aromatic N) is 2. The number of ether oxygens (including phenoxy) is 1. The van der Waals surface area contributed by atoms with Crippen LogP contribution in [-0.4, -0.2) is 35.0 Å². The summed E-state index contributed by atoms with van der Waals surface area (Å²) in [6, 6.07) is 3.54. The zero-order valence-electron chi connectivity index (χ0n) is 13.2. The minimum absolute atomic E-state index is 0.00604. The summed E-state index contributed by atoms with van der Waals surface area (Å²) in [5.41, 5.74) is 0.630. The van der Waals surface area contributed by atoms with E-state index in [0.717, 1.165) is 25.1 Å². The van der Waals surface area contributed by atoms with Gasteiger partial charge in [0.05, 0.1) is 12.1 Å². The van der Waals surface area contributed by atoms with Crippen molar-refractivity contribution in [3.8, 4) is 5.75 Å². The summed E-state index contributed by atoms with van der Waals surface area (Å²) in [7, 11) is 0. The topological polar surface area (TPSA) is 55.6 Å². The van der Waals surface area contributed by atoms with Crippen molar-refractivity contribution in [1.82, 2.24) is 9.88 Å². The number of aryl methyl sites for hydroxylation is 2. The van der Waals surface area contributed by atoms with E-state index in [4.69, 9.17) is 20.8 Å². The van der Waals surface area contributed by atoms with Gasteiger partial charge in [-0.25, -0.2) is 0 Å². The minimum Gasteiger partial charge on any atom is -0.487 e. The Morgan fingerprint density at radius 2 is 2.30 bits per heavy atom. The van der Waals surface area contributed by atoms with Gasteiger partial charge in [0.25, 0.3) is 5.91 Å². The summed E-state index contributed by atoms with van der Waals surface area (Å²) in [6.45, 7) is 4.93. The molecule has 3 rings (SSSR count). The molecule has 0 bridgehead atoms. The number of rotatable bonds is 3. The van der Waals surface area contributed by atoms with E-state index >= 15 is 0 Å². The van der Waals surface area contributed by atoms with Crippen LogP contribution in [0.2, 0.25) is 5.02 Å². The number of furan rings is 1. The molecule has 1 aliphatic heterocycles. The number of carbonyl (C=O) groups is 1. The van der Waals surface area contributed by atoms with Crippen LogP contribution in [0.15, 0.2) is 28.9 Å². The van der Waals surface area contributed by atoms with Crippen molar-refractivity contribution in [1.29, 1.82) is 0 Å². The molecule has 6 heteroatoms. The fourth-order valence-electron chi connectivity index (χ4n) is 2.87. The molecule has 1 fully saturated rings. The molecular formula is C17H19ClN2O3. The van der Waals surface area contributed by atoms with Crippen molar-refractivity contribution >= 4 is 17.5 Å². The van der Waals surface area contributed by atoms with Gasteiger partial charge < -0.3 is 14.1 Å². The molecule has 122 valence electrons. The van der Waals surface area contributed by atoms with Gasteiger partial charge in [-0.2, -0.15) is 0 Å². The van der Waals surface area contributed by atoms with E-state index in [1.54, 1.807) is 24.5 Å². The monoisotopic (exact) mass is 334 g/mol. The first kappa shape index (κ1) is 15.9. The highest BCUT2D eigenvalue weighted by atomic mass is 35.5. The molecule has 0 radical (unpaired) electrons. The second-order valence-corrected chi connectivity index (χ2v) is 6.17. The second-order valence-electron chi connectivity index (χ2n) is 5.77. The van der Waals surface area contributed by atoms with E-state index < -0.39 is 0 Å². The zero-order chi connectivity index (χ0) is 16.4. The molecule has 0 unspecified atom stereocenters. The number of aromatic nitrogens is 1. The molecular weight excluding hydrogens is 316 g/mol. The predicted molar refractivity (Wildman–Crippen MR) is 87.0 cm³/mol. The van der Waals surface area contributed by atoms with E-state index in [2.05, 4.69) is 4.98 Å². The van der Waals surface area contributed by atoms with Crippen molar-refractivity contribution in [2.24, 2.45) is 0 Å². The van der Waals surface area contributed by atoms with Gasteiger partial charge >= 0.3 is 0 Å². The lowest BCUT2D eigenvalue weighted by Crippen LogP contribution is -2.44. The maximum absolute atomic E-state index is 12.7. The Morgan fingerprint density at radius 1 is 1.48 bits per heavy atom. The van der Waals surface area contributed by atoms with Crippen LogP contribution in [0.1, 0.15) is 34.7 Å². The number of halogens is 1. The highest BCUT2D eigenvalue weighted by Gasteiger charge is 2.28. The first-order chi connectivity index (χ1) is 11.0. The Balaban J connectivity index is 1.70. The van der Waals surface area contributed by atoms with Crippen molar-refractivity contribution in [2.75, 3.05) is 13.1 Å². The van der Waals surface area contributed by atoms with E-state index in [1.165, 1.54) is 0 Å². The smallest absolute Gasteiger partial charge is 0.257 e. The van der Waals surface area contributed by atoms with Crippen molar-refractivity contribution in [3.05, 3.63) is 46.6 Å². The number of likely N-dealkylation sites (tertiary alicyclic amines) is 1. The van der Waals surface area contributed by atoms with Gasteiger partial charge in [0, 0.05) is 25.0 Å². The highest BCUT2D eigenvalue weighted by Crippen LogP contribution is 2.26. The summed E-state index contributed by atoms with van der Waals surface area (Å²) in [5, 5.41) is 0.484. The van der Waals surface area contributed by atoms with Gasteiger partial charge in [-0.15, -0.1) is 0 Å². The predicted octanol–water partition coefficient (Wildman–Crippen LogP) is 3.63. The zero-order valence-corrected chi connectivity index (χ0v) is 14.0. The van der Waals surface area contributed by atoms with Crippen LogP contribution in [0.5, 0.6) is 5.75 Å². The number of pyridine rings is 1. The van der Waals surface area contributed by atoms with Crippen molar-refractivity contribution in [3.63, 3.8) is 0 Å². The Labute approximate surface area is 140 Å². The first-order valence-electron chi connectivity index (χ1n) is 7.67. The van der Waals surface area contributed by atoms with Crippen LogP contribution in [0, 0.1) is 13.8 Å². The van der Waals surface area contributed by atoms with Crippen LogP contribution < -0.4 is 4.74 Å². The third-order valence-electron chi connectivity index (χ3n) is 3.97. The molecule has 5 nitrogen and oxygen atoms in total. The lowest BCUT2D eigenvalue weighted by Gasteiger charge is -2.33. The standard InChI is InChI=1S/C17H19ClN2O3/c1-11-8-14(12(2)22-11)17(21)20-7-3-4-13(10-20)23-16-5-6-19-9-15(16)18/h5-6,8-9,13H,3-4,7,10H2,1-2H3/t13-/m1/s1. The molecule has 1 aliphatic rings. The second kappa shape index (κ2) is 6.62. The van der Waals surface area contributed by atoms with Crippen LogP contribution in [-0.2, 0) is 0 Å². The quantitative estimate of drug-likeness (QED) is 0.860. The number of hydrogen-bond donors (Lipinski definition) is 0. The van der Waals surface area contributed by atoms with Gasteiger partial charge in [-0.1, -0.05) is 11.6 Å². The van der Waals surface area contributed by atoms with Crippen LogP contribution >= 0.6 is 11.6 Å². The molecule has 3 heterocycles. The Bertz CT molecular complexity index is 714. The van der Waals surface area contributed by atoms with Gasteiger partial charge in [0.1, 0.15) is 28.4 Å². The van der Waals surface area contributed by atoms with Crippen LogP contribution in [0.25, 0.3) is 0 Å². The largest absolute Gasteiger partial charge is 0.487 e. The van der Waals surface area contributed by atoms with E-state index in [9.17, 15) is 4.79 Å². The summed E-state index contributed by atoms with van der Waals surface area (Å²) in [5.74, 6) is 2.01. The SMILES string of the molecule is Cc1cc(C(=O)N2CCC[C@@H](Oc3ccncc3Cl)C2)c(C)o1. The van der Waals surface area contributed by atoms with Crippen LogP contribution in [0.4, 0.5) is 0 Å². The van der Waals surface area contributed by atoms with Crippen molar-refractivity contribution < 1.29 is 13.9 Å². The normalized spacial score (nSPS) is 18.0. The third-order valence-corrected chi connectivity index (χ3v) is 4.25. The fourth-order valence-corrected chi connectivity index (χ4v) is 3.03. The Hall–Kier alpha value is -2.01. The van der Waals surface area contributed by atoms with E-state index in [1.807, 2.05) is 18.7 Å². The van der Waals surface area contributed by atoms with Gasteiger partial charge in [0.15, 0.2) is 0 Å². The number of carbonyl (C=O) groups excluding carboxylic acids is 1. The Kier molecular flexibility index (Phi) is 4.57. The molecule has 0 N–H and O–H groups in total. The average molecular weight is 335 g/mol. The molecule has 0 aliphatic carbocycles. The Morgan fingerprint density at radius 3 is 3.00 bits per heavy atom. The lowest BCUT2D eigenvalue weighted by atomic mass is 10.1. The molecule has 23 heavy (non-hydrogen) atoms. The molecule has 2 aromatic rings. The van der Waals surface area contributed by atoms with Crippen molar-refractivity contribution in [2.45, 2.75) is 32.8 Å². The molecule has 0 aromatic carbocycles. The summed E-state index contributed by atoms with van der Waals surface area (Å²) >= 11 is 6.08. The minimum atomic E-state index is -0.0686. The molecule has 2 aromatic heterocycles. The summed E-state index contributed by atoms with van der Waals surface area (Å²) in [4.78, 5) is 18.4. The molecule has 1 saturated heterocycles. The maximum Gasteiger partial charge on any atom is 0.257 e. The van der Waals surface area contributed by atoms with Gasteiger partial charge in [0.2, 0.25) is 0 Å². The van der Waals surface area contributed by atoms with E-state index in [0.29, 0.717) is 28.6 Å². The molecule has 0 saturated carbocycles. The van der Waals surface area contributed by atoms with Crippen LogP contribution in [0.3, 0.4) is 0 Å². The number of piperidine rings is 1. The summed E-state index contributed by atoms with van der Waals surface area (Å²) < 4.78 is 11.4. The molecule has 1 atom stereocenters. The average Bonchev–Trinajstić information content (AvgIpc) is 2.88. The number of hydrogen-bond acceptors (Lipinski definition) is 4. The lowest BCUT2D eigenvalue weighted by molar-refractivity contribution is 0.0536. The number of amides is 1. The molecule has 1 amide bonds. The van der Waals surface area contributed by atoms with E-state index in [-0.39, 0.29) is 12.0 Å². The van der Waals surface area contributed by atoms with Gasteiger partial charge in [-0.05, 0) is 32.8 Å². The maximum atomic E-state index is 12.7. The molecule has 0 spiro atoms. The highest BCUT2D eigenvalue weighted by molar-refractivity contribution is 6.31. The van der Waals surface area contributed by atoms with Gasteiger partial charge in [-0.3, -0.25) is 9.78 Å². The fraction of sp³-hybridized carbons (Fsp3) is 0.412. The third kappa shape index (κ3) is 3.50. The first-order valence-corrected chi connectivity index (χ1v) is 8.05.